The Morgan fingerprint density at radius 2 is 1.81 bits per heavy atom. The van der Waals surface area contributed by atoms with Crippen LogP contribution in [-0.4, -0.2) is 17.1 Å². The Hall–Kier alpha value is -1.81. The molecule has 0 radical (unpaired) electrons. The van der Waals surface area contributed by atoms with Crippen LogP contribution in [0.1, 0.15) is 32.2 Å². The van der Waals surface area contributed by atoms with Crippen LogP contribution in [0.15, 0.2) is 24.3 Å². The molecule has 1 heterocycles. The molecule has 0 atom stereocenters. The molecule has 2 rings (SSSR count). The maximum atomic E-state index is 5.94. The fraction of sp³-hybridized carbons (Fsp3) is 0.375. The molecule has 0 N–H and O–H groups in total. The van der Waals surface area contributed by atoms with Crippen molar-refractivity contribution < 1.29 is 9.47 Å². The van der Waals surface area contributed by atoms with Gasteiger partial charge in [0.2, 0.25) is 5.88 Å². The highest BCUT2D eigenvalue weighted by atomic mass is 35.5. The van der Waals surface area contributed by atoms with Crippen molar-refractivity contribution in [2.45, 2.75) is 33.1 Å². The number of aryl methyl sites for hydroxylation is 1. The van der Waals surface area contributed by atoms with Crippen molar-refractivity contribution in [3.05, 3.63) is 40.8 Å². The second kappa shape index (κ2) is 5.90. The van der Waals surface area contributed by atoms with Crippen molar-refractivity contribution >= 4 is 11.6 Å². The number of methoxy groups -OCH3 is 1. The summed E-state index contributed by atoms with van der Waals surface area (Å²) in [7, 11) is 1.65. The average Bonchev–Trinajstić information content (AvgIpc) is 2.36. The molecular weight excluding hydrogens is 288 g/mol. The van der Waals surface area contributed by atoms with Crippen LogP contribution in [0, 0.1) is 6.92 Å². The van der Waals surface area contributed by atoms with Gasteiger partial charge in [0.25, 0.3) is 0 Å². The van der Waals surface area contributed by atoms with Gasteiger partial charge in [-0.25, -0.2) is 4.98 Å². The number of nitrogens with zero attached hydrogens (tertiary/aromatic N) is 2. The summed E-state index contributed by atoms with van der Waals surface area (Å²) in [6, 6.07) is 7.32. The predicted octanol–water partition coefficient (Wildman–Crippen LogP) is 4.54. The van der Waals surface area contributed by atoms with E-state index in [9.17, 15) is 0 Å². The van der Waals surface area contributed by atoms with Crippen LogP contribution in [0.25, 0.3) is 0 Å². The van der Waals surface area contributed by atoms with E-state index in [1.54, 1.807) is 20.1 Å². The maximum Gasteiger partial charge on any atom is 0.224 e. The Labute approximate surface area is 130 Å². The molecule has 0 aliphatic rings. The van der Waals surface area contributed by atoms with Crippen LogP contribution in [-0.2, 0) is 5.41 Å². The molecule has 0 saturated carbocycles. The number of ether oxygens (including phenoxy) is 2. The Balaban J connectivity index is 2.43. The van der Waals surface area contributed by atoms with Gasteiger partial charge in [0.15, 0.2) is 0 Å². The van der Waals surface area contributed by atoms with E-state index in [4.69, 9.17) is 21.1 Å². The van der Waals surface area contributed by atoms with Crippen LogP contribution in [0.3, 0.4) is 0 Å². The summed E-state index contributed by atoms with van der Waals surface area (Å²) in [5.74, 6) is 2.54. The van der Waals surface area contributed by atoms with Crippen LogP contribution >= 0.6 is 11.6 Å². The van der Waals surface area contributed by atoms with E-state index in [0.717, 1.165) is 17.1 Å². The molecule has 0 aliphatic carbocycles. The van der Waals surface area contributed by atoms with Gasteiger partial charge < -0.3 is 9.47 Å². The molecular formula is C16H19ClN2O2. The molecule has 0 saturated heterocycles. The monoisotopic (exact) mass is 306 g/mol. The van der Waals surface area contributed by atoms with Crippen molar-refractivity contribution in [1.82, 2.24) is 9.97 Å². The largest absolute Gasteiger partial charge is 0.497 e. The smallest absolute Gasteiger partial charge is 0.224 e. The van der Waals surface area contributed by atoms with Gasteiger partial charge in [-0.15, -0.1) is 0 Å². The Morgan fingerprint density at radius 1 is 1.10 bits per heavy atom. The Morgan fingerprint density at radius 3 is 2.38 bits per heavy atom. The number of halogens is 1. The van der Waals surface area contributed by atoms with Gasteiger partial charge in [-0.2, -0.15) is 4.98 Å². The highest BCUT2D eigenvalue weighted by Crippen LogP contribution is 2.36. The topological polar surface area (TPSA) is 44.2 Å². The lowest BCUT2D eigenvalue weighted by Crippen LogP contribution is -2.13. The summed E-state index contributed by atoms with van der Waals surface area (Å²) < 4.78 is 11.2. The van der Waals surface area contributed by atoms with E-state index < -0.39 is 0 Å². The van der Waals surface area contributed by atoms with Crippen LogP contribution in [0.4, 0.5) is 0 Å². The molecule has 1 aromatic heterocycles. The third kappa shape index (κ3) is 3.85. The molecule has 21 heavy (non-hydrogen) atoms. The van der Waals surface area contributed by atoms with Gasteiger partial charge in [0, 0.05) is 11.6 Å². The van der Waals surface area contributed by atoms with E-state index in [-0.39, 0.29) is 5.41 Å². The van der Waals surface area contributed by atoms with E-state index in [1.807, 2.05) is 18.2 Å². The fourth-order valence-corrected chi connectivity index (χ4v) is 2.20. The highest BCUT2D eigenvalue weighted by molar-refractivity contribution is 6.29. The lowest BCUT2D eigenvalue weighted by atomic mass is 9.86. The quantitative estimate of drug-likeness (QED) is 0.781. The molecule has 0 spiro atoms. The minimum Gasteiger partial charge on any atom is -0.497 e. The predicted molar refractivity (Wildman–Crippen MR) is 83.5 cm³/mol. The normalized spacial score (nSPS) is 11.3. The highest BCUT2D eigenvalue weighted by Gasteiger charge is 2.21. The summed E-state index contributed by atoms with van der Waals surface area (Å²) in [6.07, 6.45) is 0. The van der Waals surface area contributed by atoms with Gasteiger partial charge >= 0.3 is 0 Å². The van der Waals surface area contributed by atoms with Gasteiger partial charge in [-0.1, -0.05) is 32.4 Å². The Bertz CT molecular complexity index is 631. The van der Waals surface area contributed by atoms with E-state index >= 15 is 0 Å². The average molecular weight is 307 g/mol. The Kier molecular flexibility index (Phi) is 4.37. The van der Waals surface area contributed by atoms with Crippen molar-refractivity contribution in [3.8, 4) is 17.4 Å². The molecule has 1 aromatic carbocycles. The summed E-state index contributed by atoms with van der Waals surface area (Å²) in [5.41, 5.74) is 0.949. The van der Waals surface area contributed by atoms with Gasteiger partial charge in [-0.3, -0.25) is 0 Å². The number of hydrogen-bond acceptors (Lipinski definition) is 4. The van der Waals surface area contributed by atoms with E-state index in [2.05, 4.69) is 30.7 Å². The van der Waals surface area contributed by atoms with Crippen molar-refractivity contribution in [1.29, 1.82) is 0 Å². The molecule has 0 amide bonds. The van der Waals surface area contributed by atoms with E-state index in [1.165, 1.54) is 0 Å². The van der Waals surface area contributed by atoms with Gasteiger partial charge in [0.1, 0.15) is 22.5 Å². The molecule has 5 heteroatoms. The standard InChI is InChI=1S/C16H19ClN2O2/c1-10-18-14(17)9-15(19-10)21-13-7-6-11(20-5)8-12(13)16(2,3)4/h6-9H,1-5H3. The third-order valence-electron chi connectivity index (χ3n) is 2.99. The number of aromatic nitrogens is 2. The third-order valence-corrected chi connectivity index (χ3v) is 3.19. The molecule has 0 aliphatic heterocycles. The summed E-state index contributed by atoms with van der Waals surface area (Å²) >= 11 is 5.94. The minimum absolute atomic E-state index is 0.0876. The number of benzene rings is 1. The SMILES string of the molecule is COc1ccc(Oc2cc(Cl)nc(C)n2)c(C(C)(C)C)c1. The van der Waals surface area contributed by atoms with Crippen molar-refractivity contribution in [3.63, 3.8) is 0 Å². The zero-order valence-corrected chi connectivity index (χ0v) is 13.7. The summed E-state index contributed by atoms with van der Waals surface area (Å²) in [6.45, 7) is 8.13. The second-order valence-corrected chi connectivity index (χ2v) is 6.18. The fourth-order valence-electron chi connectivity index (χ4n) is 1.98. The first-order valence-corrected chi connectivity index (χ1v) is 7.05. The first-order chi connectivity index (χ1) is 9.79. The number of hydrogen-bond donors (Lipinski definition) is 0. The molecule has 2 aromatic rings. The lowest BCUT2D eigenvalue weighted by molar-refractivity contribution is 0.405. The summed E-state index contributed by atoms with van der Waals surface area (Å²) in [5, 5.41) is 0.364. The molecule has 0 bridgehead atoms. The number of rotatable bonds is 3. The lowest BCUT2D eigenvalue weighted by Gasteiger charge is -2.23. The molecule has 112 valence electrons. The second-order valence-electron chi connectivity index (χ2n) is 5.79. The van der Waals surface area contributed by atoms with Gasteiger partial charge in [0.05, 0.1) is 7.11 Å². The zero-order chi connectivity index (χ0) is 15.6. The van der Waals surface area contributed by atoms with Crippen molar-refractivity contribution in [2.75, 3.05) is 7.11 Å². The maximum absolute atomic E-state index is 5.94. The first-order valence-electron chi connectivity index (χ1n) is 6.67. The van der Waals surface area contributed by atoms with Crippen LogP contribution in [0.5, 0.6) is 17.4 Å². The zero-order valence-electron chi connectivity index (χ0n) is 12.9. The van der Waals surface area contributed by atoms with Gasteiger partial charge in [-0.05, 0) is 30.5 Å². The molecule has 0 unspecified atom stereocenters. The van der Waals surface area contributed by atoms with E-state index in [0.29, 0.717) is 16.9 Å². The summed E-state index contributed by atoms with van der Waals surface area (Å²) in [4.78, 5) is 8.27. The minimum atomic E-state index is -0.0876. The van der Waals surface area contributed by atoms with Crippen molar-refractivity contribution in [2.24, 2.45) is 0 Å². The van der Waals surface area contributed by atoms with Crippen LogP contribution < -0.4 is 9.47 Å². The first kappa shape index (κ1) is 15.6. The molecule has 4 nitrogen and oxygen atoms in total. The molecule has 0 fully saturated rings. The van der Waals surface area contributed by atoms with Crippen LogP contribution in [0.2, 0.25) is 5.15 Å².